The fraction of sp³-hybridized carbons (Fsp3) is 0.538. The molecule has 0 saturated carbocycles. The van der Waals surface area contributed by atoms with Crippen LogP contribution in [0.5, 0.6) is 0 Å². The first kappa shape index (κ1) is 15.8. The Morgan fingerprint density at radius 2 is 1.61 bits per heavy atom. The number of hydrogen-bond donors (Lipinski definition) is 0. The summed E-state index contributed by atoms with van der Waals surface area (Å²) in [5.74, 6) is 0.0727. The van der Waals surface area contributed by atoms with Crippen LogP contribution < -0.4 is 0 Å². The van der Waals surface area contributed by atoms with Gasteiger partial charge in [0.05, 0.1) is 10.5 Å². The predicted octanol–water partition coefficient (Wildman–Crippen LogP) is 4.51. The van der Waals surface area contributed by atoms with Crippen molar-refractivity contribution in [3.8, 4) is 0 Å². The Morgan fingerprint density at radius 3 is 2.06 bits per heavy atom. The molecule has 1 aromatic carbocycles. The zero-order valence-corrected chi connectivity index (χ0v) is 13.3. The summed E-state index contributed by atoms with van der Waals surface area (Å²) in [7, 11) is -3.25. The summed E-state index contributed by atoms with van der Waals surface area (Å²) in [6.07, 6.45) is 0. The van der Waals surface area contributed by atoms with Crippen molar-refractivity contribution in [3.63, 3.8) is 0 Å². The van der Waals surface area contributed by atoms with Gasteiger partial charge in [0.25, 0.3) is 0 Å². The second-order valence-corrected chi connectivity index (χ2v) is 8.32. The van der Waals surface area contributed by atoms with Gasteiger partial charge in [-0.25, -0.2) is 8.42 Å². The Kier molecular flexibility index (Phi) is 5.10. The van der Waals surface area contributed by atoms with Gasteiger partial charge >= 0.3 is 0 Å². The summed E-state index contributed by atoms with van der Waals surface area (Å²) in [4.78, 5) is 0. The molecule has 18 heavy (non-hydrogen) atoms. The van der Waals surface area contributed by atoms with Crippen LogP contribution in [-0.2, 0) is 9.84 Å². The lowest BCUT2D eigenvalue weighted by Crippen LogP contribution is -2.27. The van der Waals surface area contributed by atoms with Gasteiger partial charge in [0.15, 0.2) is 9.84 Å². The lowest BCUT2D eigenvalue weighted by atomic mass is 10.1. The lowest BCUT2D eigenvalue weighted by Gasteiger charge is -2.22. The van der Waals surface area contributed by atoms with Crippen molar-refractivity contribution in [1.29, 1.82) is 0 Å². The van der Waals surface area contributed by atoms with E-state index < -0.39 is 20.3 Å². The first-order chi connectivity index (χ1) is 8.17. The highest BCUT2D eigenvalue weighted by Crippen LogP contribution is 2.34. The summed E-state index contributed by atoms with van der Waals surface area (Å²) < 4.78 is 24.8. The molecule has 0 amide bonds. The highest BCUT2D eigenvalue weighted by molar-refractivity contribution is 7.92. The first-order valence-corrected chi connectivity index (χ1v) is 8.22. The summed E-state index contributed by atoms with van der Waals surface area (Å²) >= 11 is 11.9. The van der Waals surface area contributed by atoms with Crippen LogP contribution in [0.1, 0.15) is 38.5 Å². The van der Waals surface area contributed by atoms with Crippen LogP contribution in [0, 0.1) is 5.92 Å². The molecule has 0 fully saturated rings. The minimum absolute atomic E-state index is 0.0727. The number of benzene rings is 1. The number of sulfone groups is 1. The van der Waals surface area contributed by atoms with Crippen LogP contribution in [0.2, 0.25) is 10.0 Å². The fourth-order valence-electron chi connectivity index (χ4n) is 1.71. The Morgan fingerprint density at radius 1 is 1.06 bits per heavy atom. The van der Waals surface area contributed by atoms with Crippen molar-refractivity contribution in [1.82, 2.24) is 0 Å². The molecule has 0 heterocycles. The maximum Gasteiger partial charge on any atom is 0.159 e. The van der Waals surface area contributed by atoms with Crippen molar-refractivity contribution in [3.05, 3.63) is 33.8 Å². The third kappa shape index (κ3) is 3.19. The molecule has 0 radical (unpaired) electrons. The number of halogens is 2. The minimum Gasteiger partial charge on any atom is -0.228 e. The standard InChI is InChI=1S/C13H18Cl2O2S/c1-8(2)9(3)18(16,17)10(4)12-6-5-11(14)7-13(12)15/h5-10H,1-4H3/t9-,10+/m0/s1. The van der Waals surface area contributed by atoms with Gasteiger partial charge in [0, 0.05) is 10.0 Å². The van der Waals surface area contributed by atoms with E-state index in [9.17, 15) is 8.42 Å². The van der Waals surface area contributed by atoms with Crippen LogP contribution >= 0.6 is 23.2 Å². The summed E-state index contributed by atoms with van der Waals surface area (Å²) in [6, 6.07) is 4.92. The van der Waals surface area contributed by atoms with Gasteiger partial charge in [-0.05, 0) is 37.5 Å². The molecular weight excluding hydrogens is 291 g/mol. The Labute approximate surface area is 119 Å². The molecule has 2 nitrogen and oxygen atoms in total. The highest BCUT2D eigenvalue weighted by atomic mass is 35.5. The number of hydrogen-bond acceptors (Lipinski definition) is 2. The molecule has 0 aliphatic carbocycles. The monoisotopic (exact) mass is 308 g/mol. The SMILES string of the molecule is CC(C)[C@H](C)S(=O)(=O)[C@H](C)c1ccc(Cl)cc1Cl. The molecule has 0 unspecified atom stereocenters. The van der Waals surface area contributed by atoms with Crippen LogP contribution in [0.4, 0.5) is 0 Å². The van der Waals surface area contributed by atoms with E-state index in [-0.39, 0.29) is 5.92 Å². The zero-order chi connectivity index (χ0) is 14.1. The van der Waals surface area contributed by atoms with E-state index in [0.29, 0.717) is 15.6 Å². The Balaban J connectivity index is 3.18. The maximum absolute atomic E-state index is 12.4. The average molecular weight is 309 g/mol. The second-order valence-electron chi connectivity index (χ2n) is 4.85. The highest BCUT2D eigenvalue weighted by Gasteiger charge is 2.31. The molecule has 1 rings (SSSR count). The molecule has 0 aromatic heterocycles. The molecular formula is C13H18Cl2O2S. The van der Waals surface area contributed by atoms with Crippen LogP contribution in [0.3, 0.4) is 0 Å². The fourth-order valence-corrected chi connectivity index (χ4v) is 4.31. The van der Waals surface area contributed by atoms with Gasteiger partial charge in [-0.3, -0.25) is 0 Å². The van der Waals surface area contributed by atoms with E-state index >= 15 is 0 Å². The Bertz CT molecular complexity index is 524. The van der Waals surface area contributed by atoms with Crippen molar-refractivity contribution in [2.24, 2.45) is 5.92 Å². The molecule has 0 aliphatic heterocycles. The molecule has 2 atom stereocenters. The second kappa shape index (κ2) is 5.81. The van der Waals surface area contributed by atoms with E-state index in [1.807, 2.05) is 13.8 Å². The van der Waals surface area contributed by atoms with E-state index in [4.69, 9.17) is 23.2 Å². The van der Waals surface area contributed by atoms with E-state index in [0.717, 1.165) is 0 Å². The van der Waals surface area contributed by atoms with Gasteiger partial charge < -0.3 is 0 Å². The molecule has 1 aromatic rings. The van der Waals surface area contributed by atoms with Crippen molar-refractivity contribution < 1.29 is 8.42 Å². The van der Waals surface area contributed by atoms with E-state index in [1.165, 1.54) is 0 Å². The quantitative estimate of drug-likeness (QED) is 0.820. The minimum atomic E-state index is -3.25. The van der Waals surface area contributed by atoms with Crippen LogP contribution in [0.15, 0.2) is 18.2 Å². The Hall–Kier alpha value is -0.250. The average Bonchev–Trinajstić information content (AvgIpc) is 2.27. The van der Waals surface area contributed by atoms with Gasteiger partial charge in [0.2, 0.25) is 0 Å². The molecule has 5 heteroatoms. The number of rotatable bonds is 4. The van der Waals surface area contributed by atoms with E-state index in [1.54, 1.807) is 32.0 Å². The molecule has 102 valence electrons. The van der Waals surface area contributed by atoms with Crippen molar-refractivity contribution in [2.45, 2.75) is 38.2 Å². The summed E-state index contributed by atoms with van der Waals surface area (Å²) in [5.41, 5.74) is 0.605. The van der Waals surface area contributed by atoms with Crippen molar-refractivity contribution >= 4 is 33.0 Å². The molecule has 0 aliphatic rings. The van der Waals surface area contributed by atoms with E-state index in [2.05, 4.69) is 0 Å². The van der Waals surface area contributed by atoms with Crippen molar-refractivity contribution in [2.75, 3.05) is 0 Å². The topological polar surface area (TPSA) is 34.1 Å². The smallest absolute Gasteiger partial charge is 0.159 e. The summed E-state index contributed by atoms with van der Waals surface area (Å²) in [6.45, 7) is 7.21. The summed E-state index contributed by atoms with van der Waals surface area (Å²) in [5, 5.41) is -0.126. The third-order valence-corrected chi connectivity index (χ3v) is 6.73. The molecule has 0 spiro atoms. The third-order valence-electron chi connectivity index (χ3n) is 3.35. The maximum atomic E-state index is 12.4. The molecule has 0 saturated heterocycles. The van der Waals surface area contributed by atoms with Gasteiger partial charge in [-0.2, -0.15) is 0 Å². The predicted molar refractivity (Wildman–Crippen MR) is 78.1 cm³/mol. The normalized spacial score (nSPS) is 15.7. The van der Waals surface area contributed by atoms with Gasteiger partial charge in [-0.15, -0.1) is 0 Å². The van der Waals surface area contributed by atoms with Gasteiger partial charge in [-0.1, -0.05) is 43.1 Å². The lowest BCUT2D eigenvalue weighted by molar-refractivity contribution is 0.537. The largest absolute Gasteiger partial charge is 0.228 e. The zero-order valence-electron chi connectivity index (χ0n) is 10.9. The first-order valence-electron chi connectivity index (χ1n) is 5.85. The molecule has 0 bridgehead atoms. The van der Waals surface area contributed by atoms with Gasteiger partial charge in [0.1, 0.15) is 0 Å². The van der Waals surface area contributed by atoms with Crippen LogP contribution in [0.25, 0.3) is 0 Å². The van der Waals surface area contributed by atoms with Crippen LogP contribution in [-0.4, -0.2) is 13.7 Å². The molecule has 0 N–H and O–H groups in total.